The summed E-state index contributed by atoms with van der Waals surface area (Å²) in [4.78, 5) is 24.3. The smallest absolute Gasteiger partial charge is 0.306 e. The highest BCUT2D eigenvalue weighted by Gasteiger charge is 2.24. The van der Waals surface area contributed by atoms with Crippen molar-refractivity contribution in [2.75, 3.05) is 18.5 Å². The van der Waals surface area contributed by atoms with Crippen molar-refractivity contribution < 1.29 is 19.1 Å². The maximum atomic E-state index is 12.6. The molecule has 0 aliphatic carbocycles. The Balaban J connectivity index is 1.68. The van der Waals surface area contributed by atoms with Gasteiger partial charge in [-0.25, -0.2) is 0 Å². The van der Waals surface area contributed by atoms with E-state index in [4.69, 9.17) is 20.6 Å². The molecule has 0 radical (unpaired) electrons. The number of ether oxygens (including phenoxy) is 2. The van der Waals surface area contributed by atoms with Crippen LogP contribution in [0, 0.1) is 11.3 Å². The first-order valence-electron chi connectivity index (χ1n) is 9.13. The number of nitrogens with two attached hydrogens (primary N) is 1. The van der Waals surface area contributed by atoms with Crippen LogP contribution in [-0.2, 0) is 16.0 Å². The molecule has 7 heteroatoms. The van der Waals surface area contributed by atoms with Gasteiger partial charge in [0.25, 0.3) is 5.91 Å². The van der Waals surface area contributed by atoms with Crippen LogP contribution in [-0.4, -0.2) is 30.9 Å². The van der Waals surface area contributed by atoms with Crippen LogP contribution in [0.5, 0.6) is 5.75 Å². The van der Waals surface area contributed by atoms with Crippen LogP contribution in [0.2, 0.25) is 0 Å². The molecular formula is C21H23N3O4. The van der Waals surface area contributed by atoms with Gasteiger partial charge in [-0.15, -0.1) is 0 Å². The molecule has 1 amide bonds. The van der Waals surface area contributed by atoms with Crippen LogP contribution in [0.15, 0.2) is 42.5 Å². The molecule has 1 aliphatic heterocycles. The fourth-order valence-electron chi connectivity index (χ4n) is 3.12. The minimum atomic E-state index is -0.245. The van der Waals surface area contributed by atoms with Gasteiger partial charge >= 0.3 is 5.97 Å². The van der Waals surface area contributed by atoms with Gasteiger partial charge in [0.1, 0.15) is 11.6 Å². The van der Waals surface area contributed by atoms with Gasteiger partial charge < -0.3 is 20.5 Å². The lowest BCUT2D eigenvalue weighted by atomic mass is 9.93. The molecule has 1 heterocycles. The molecule has 0 saturated heterocycles. The van der Waals surface area contributed by atoms with Gasteiger partial charge in [0.2, 0.25) is 0 Å². The summed E-state index contributed by atoms with van der Waals surface area (Å²) in [5, 5.41) is 10.2. The predicted molar refractivity (Wildman–Crippen MR) is 106 cm³/mol. The molecule has 28 heavy (non-hydrogen) atoms. The summed E-state index contributed by atoms with van der Waals surface area (Å²) in [7, 11) is 0. The summed E-state index contributed by atoms with van der Waals surface area (Å²) >= 11 is 0. The van der Waals surface area contributed by atoms with Crippen LogP contribution in [0.1, 0.15) is 34.8 Å². The zero-order valence-electron chi connectivity index (χ0n) is 15.7. The van der Waals surface area contributed by atoms with E-state index in [2.05, 4.69) is 5.32 Å². The highest BCUT2D eigenvalue weighted by atomic mass is 16.5. The molecule has 4 N–H and O–H groups in total. The van der Waals surface area contributed by atoms with Crippen LogP contribution in [0.3, 0.4) is 0 Å². The van der Waals surface area contributed by atoms with E-state index in [0.29, 0.717) is 42.9 Å². The van der Waals surface area contributed by atoms with Crippen molar-refractivity contribution in [3.05, 3.63) is 59.2 Å². The molecule has 1 atom stereocenters. The minimum absolute atomic E-state index is 0.0232. The molecule has 0 saturated carbocycles. The molecule has 1 unspecified atom stereocenters. The Bertz CT molecular complexity index is 893. The van der Waals surface area contributed by atoms with E-state index in [1.165, 1.54) is 0 Å². The minimum Gasteiger partial charge on any atom is -0.493 e. The average molecular weight is 381 g/mol. The lowest BCUT2D eigenvalue weighted by Gasteiger charge is -2.25. The summed E-state index contributed by atoms with van der Waals surface area (Å²) in [6.45, 7) is 2.60. The molecule has 2 aromatic carbocycles. The molecule has 0 aromatic heterocycles. The van der Waals surface area contributed by atoms with E-state index in [0.717, 1.165) is 11.3 Å². The fourth-order valence-corrected chi connectivity index (χ4v) is 3.12. The number of nitrogen functional groups attached to an aromatic ring is 1. The highest BCUT2D eigenvalue weighted by Crippen LogP contribution is 2.30. The molecule has 2 aromatic rings. The van der Waals surface area contributed by atoms with Gasteiger partial charge in [-0.05, 0) is 61.4 Å². The van der Waals surface area contributed by atoms with Gasteiger partial charge in [0.05, 0.1) is 19.6 Å². The Morgan fingerprint density at radius 1 is 1.21 bits per heavy atom. The number of carbonyl (C=O) groups is 2. The Hall–Kier alpha value is -3.35. The first-order chi connectivity index (χ1) is 13.5. The SMILES string of the molecule is CCOC(=O)CC1COc2ccc(C(=O)Nc3ccc(C(=N)N)cc3)cc2C1. The number of anilines is 1. The van der Waals surface area contributed by atoms with Crippen LogP contribution in [0.4, 0.5) is 5.69 Å². The van der Waals surface area contributed by atoms with E-state index in [1.807, 2.05) is 0 Å². The molecule has 7 nitrogen and oxygen atoms in total. The molecule has 0 fully saturated rings. The van der Waals surface area contributed by atoms with Gasteiger partial charge in [-0.3, -0.25) is 15.0 Å². The quantitative estimate of drug-likeness (QED) is 0.404. The van der Waals surface area contributed by atoms with Gasteiger partial charge in [-0.2, -0.15) is 0 Å². The van der Waals surface area contributed by atoms with Gasteiger partial charge in [-0.1, -0.05) is 0 Å². The zero-order valence-corrected chi connectivity index (χ0v) is 15.7. The third-order valence-corrected chi connectivity index (χ3v) is 4.52. The monoisotopic (exact) mass is 381 g/mol. The van der Waals surface area contributed by atoms with Crippen molar-refractivity contribution in [2.45, 2.75) is 19.8 Å². The van der Waals surface area contributed by atoms with E-state index in [9.17, 15) is 9.59 Å². The Morgan fingerprint density at radius 2 is 1.93 bits per heavy atom. The maximum Gasteiger partial charge on any atom is 0.306 e. The Kier molecular flexibility index (Phi) is 5.93. The average Bonchev–Trinajstić information content (AvgIpc) is 2.68. The lowest BCUT2D eigenvalue weighted by Crippen LogP contribution is -2.25. The van der Waals surface area contributed by atoms with E-state index in [1.54, 1.807) is 49.4 Å². The number of benzene rings is 2. The van der Waals surface area contributed by atoms with Crippen molar-refractivity contribution in [2.24, 2.45) is 11.7 Å². The molecule has 0 bridgehead atoms. The highest BCUT2D eigenvalue weighted by molar-refractivity contribution is 6.04. The summed E-state index contributed by atoms with van der Waals surface area (Å²) < 4.78 is 10.7. The van der Waals surface area contributed by atoms with Crippen molar-refractivity contribution in [1.82, 2.24) is 0 Å². The lowest BCUT2D eigenvalue weighted by molar-refractivity contribution is -0.144. The number of hydrogen-bond acceptors (Lipinski definition) is 5. The Morgan fingerprint density at radius 3 is 2.61 bits per heavy atom. The summed E-state index contributed by atoms with van der Waals surface area (Å²) in [5.74, 6) is 0.268. The standard InChI is InChI=1S/C21H23N3O4/c1-2-27-19(25)10-13-9-16-11-15(5-8-18(16)28-12-13)21(26)24-17-6-3-14(4-7-17)20(22)23/h3-8,11,13H,2,9-10,12H2,1H3,(H3,22,23)(H,24,26). The number of rotatable bonds is 6. The second-order valence-corrected chi connectivity index (χ2v) is 6.66. The number of amidine groups is 1. The first kappa shape index (κ1) is 19.4. The molecule has 146 valence electrons. The second-order valence-electron chi connectivity index (χ2n) is 6.66. The third-order valence-electron chi connectivity index (χ3n) is 4.52. The van der Waals surface area contributed by atoms with Crippen LogP contribution in [0.25, 0.3) is 0 Å². The van der Waals surface area contributed by atoms with Crippen molar-refractivity contribution in [1.29, 1.82) is 5.41 Å². The Labute approximate surface area is 163 Å². The van der Waals surface area contributed by atoms with E-state index < -0.39 is 0 Å². The zero-order chi connectivity index (χ0) is 20.1. The molecule has 0 spiro atoms. The summed E-state index contributed by atoms with van der Waals surface area (Å²) in [5.41, 5.74) is 8.06. The summed E-state index contributed by atoms with van der Waals surface area (Å²) in [6.07, 6.45) is 0.953. The van der Waals surface area contributed by atoms with Crippen molar-refractivity contribution in [3.63, 3.8) is 0 Å². The number of fused-ring (bicyclic) bond motifs is 1. The van der Waals surface area contributed by atoms with Crippen molar-refractivity contribution >= 4 is 23.4 Å². The van der Waals surface area contributed by atoms with Crippen LogP contribution >= 0.6 is 0 Å². The topological polar surface area (TPSA) is 114 Å². The molecular weight excluding hydrogens is 358 g/mol. The van der Waals surface area contributed by atoms with Crippen molar-refractivity contribution in [3.8, 4) is 5.75 Å². The third kappa shape index (κ3) is 4.68. The first-order valence-corrected chi connectivity index (χ1v) is 9.13. The number of esters is 1. The summed E-state index contributed by atoms with van der Waals surface area (Å²) in [6, 6.07) is 12.0. The number of amides is 1. The van der Waals surface area contributed by atoms with Gasteiger partial charge in [0, 0.05) is 22.7 Å². The number of nitrogens with one attached hydrogen (secondary N) is 2. The second kappa shape index (κ2) is 8.56. The number of hydrogen-bond donors (Lipinski definition) is 3. The number of carbonyl (C=O) groups excluding carboxylic acids is 2. The van der Waals surface area contributed by atoms with E-state index >= 15 is 0 Å². The molecule has 3 rings (SSSR count). The fraction of sp³-hybridized carbons (Fsp3) is 0.286. The molecule has 1 aliphatic rings. The van der Waals surface area contributed by atoms with E-state index in [-0.39, 0.29) is 23.6 Å². The normalized spacial score (nSPS) is 15.1. The predicted octanol–water partition coefficient (Wildman–Crippen LogP) is 2.73. The maximum absolute atomic E-state index is 12.6. The van der Waals surface area contributed by atoms with Crippen LogP contribution < -0.4 is 15.8 Å². The largest absolute Gasteiger partial charge is 0.493 e. The van der Waals surface area contributed by atoms with Gasteiger partial charge in [0.15, 0.2) is 0 Å².